The molecule has 0 aliphatic heterocycles. The molecular weight excluding hydrogens is 256 g/mol. The molecule has 2 heteroatoms. The van der Waals surface area contributed by atoms with Crippen molar-refractivity contribution in [1.29, 1.82) is 0 Å². The molecule has 1 aromatic heterocycles. The van der Waals surface area contributed by atoms with Crippen molar-refractivity contribution >= 4 is 10.9 Å². The number of rotatable bonds is 5. The molecule has 0 radical (unpaired) electrons. The first kappa shape index (κ1) is 14.5. The van der Waals surface area contributed by atoms with Crippen molar-refractivity contribution in [2.75, 3.05) is 0 Å². The maximum Gasteiger partial charge on any atom is 0.0743 e. The maximum atomic E-state index is 4.97. The molecule has 21 heavy (non-hydrogen) atoms. The van der Waals surface area contributed by atoms with Crippen LogP contribution in [0.3, 0.4) is 0 Å². The summed E-state index contributed by atoms with van der Waals surface area (Å²) in [6, 6.07) is 9.66. The lowest BCUT2D eigenvalue weighted by atomic mass is 9.95. The summed E-state index contributed by atoms with van der Waals surface area (Å²) in [7, 11) is 0. The second-order valence-corrected chi connectivity index (χ2v) is 6.91. The van der Waals surface area contributed by atoms with E-state index in [0.717, 1.165) is 12.6 Å². The number of pyridine rings is 1. The third-order valence-electron chi connectivity index (χ3n) is 4.35. The summed E-state index contributed by atoms with van der Waals surface area (Å²) in [5.41, 5.74) is 5.18. The molecule has 1 aliphatic rings. The lowest BCUT2D eigenvalue weighted by Gasteiger charge is -2.16. The first-order chi connectivity index (χ1) is 10.1. The van der Waals surface area contributed by atoms with E-state index in [9.17, 15) is 0 Å². The van der Waals surface area contributed by atoms with Gasteiger partial charge in [0.25, 0.3) is 0 Å². The molecule has 0 spiro atoms. The van der Waals surface area contributed by atoms with Gasteiger partial charge in [0.1, 0.15) is 0 Å². The fourth-order valence-electron chi connectivity index (χ4n) is 2.81. The average Bonchev–Trinajstić information content (AvgIpc) is 3.27. The Morgan fingerprint density at radius 1 is 1.14 bits per heavy atom. The summed E-state index contributed by atoms with van der Waals surface area (Å²) in [5, 5.41) is 4.97. The van der Waals surface area contributed by atoms with Gasteiger partial charge in [0, 0.05) is 23.7 Å². The predicted molar refractivity (Wildman–Crippen MR) is 89.8 cm³/mol. The molecule has 0 bridgehead atoms. The van der Waals surface area contributed by atoms with Crippen LogP contribution in [0, 0.1) is 0 Å². The largest absolute Gasteiger partial charge is 0.310 e. The smallest absolute Gasteiger partial charge is 0.0743 e. The Hall–Kier alpha value is -1.41. The molecule has 1 fully saturated rings. The molecule has 1 aliphatic carbocycles. The molecule has 1 heterocycles. The van der Waals surface area contributed by atoms with Gasteiger partial charge in [-0.15, -0.1) is 0 Å². The first-order valence-corrected chi connectivity index (χ1v) is 8.22. The molecule has 1 aromatic carbocycles. The molecule has 1 N–H and O–H groups in total. The van der Waals surface area contributed by atoms with Crippen LogP contribution in [0.1, 0.15) is 69.2 Å². The standard InChI is InChI=1S/C19H26N2/c1-12(2)16-6-5-7-17-14(11-20-15-8-9-15)10-18(13(3)4)21-19(16)17/h5-7,10,12-13,15,20H,8-9,11H2,1-4H3. The minimum atomic E-state index is 0.467. The lowest BCUT2D eigenvalue weighted by Crippen LogP contribution is -2.16. The van der Waals surface area contributed by atoms with E-state index in [1.54, 1.807) is 0 Å². The van der Waals surface area contributed by atoms with Crippen molar-refractivity contribution in [3.8, 4) is 0 Å². The Morgan fingerprint density at radius 3 is 2.52 bits per heavy atom. The Morgan fingerprint density at radius 2 is 1.90 bits per heavy atom. The van der Waals surface area contributed by atoms with E-state index < -0.39 is 0 Å². The van der Waals surface area contributed by atoms with Gasteiger partial charge in [-0.2, -0.15) is 0 Å². The number of hydrogen-bond acceptors (Lipinski definition) is 2. The van der Waals surface area contributed by atoms with Gasteiger partial charge in [0.05, 0.1) is 5.52 Å². The molecular formula is C19H26N2. The monoisotopic (exact) mass is 282 g/mol. The normalized spacial score (nSPS) is 15.3. The Balaban J connectivity index is 2.11. The van der Waals surface area contributed by atoms with Gasteiger partial charge in [0.15, 0.2) is 0 Å². The van der Waals surface area contributed by atoms with Gasteiger partial charge in [0.2, 0.25) is 0 Å². The molecule has 1 saturated carbocycles. The average molecular weight is 282 g/mol. The SMILES string of the molecule is CC(C)c1cc(CNC2CC2)c2cccc(C(C)C)c2n1. The third-order valence-corrected chi connectivity index (χ3v) is 4.35. The van der Waals surface area contributed by atoms with Crippen LogP contribution in [0.5, 0.6) is 0 Å². The van der Waals surface area contributed by atoms with Gasteiger partial charge < -0.3 is 5.32 Å². The number of nitrogens with zero attached hydrogens (tertiary/aromatic N) is 1. The summed E-state index contributed by atoms with van der Waals surface area (Å²) in [6.07, 6.45) is 2.66. The third kappa shape index (κ3) is 3.11. The lowest BCUT2D eigenvalue weighted by molar-refractivity contribution is 0.688. The molecule has 0 amide bonds. The Bertz CT molecular complexity index is 639. The van der Waals surface area contributed by atoms with Crippen LogP contribution < -0.4 is 5.32 Å². The van der Waals surface area contributed by atoms with E-state index in [2.05, 4.69) is 57.3 Å². The number of nitrogens with one attached hydrogen (secondary N) is 1. The first-order valence-electron chi connectivity index (χ1n) is 8.22. The predicted octanol–water partition coefficient (Wildman–Crippen LogP) is 4.73. The summed E-state index contributed by atoms with van der Waals surface area (Å²) >= 11 is 0. The molecule has 0 unspecified atom stereocenters. The van der Waals surface area contributed by atoms with Crippen molar-refractivity contribution in [3.63, 3.8) is 0 Å². The molecule has 2 nitrogen and oxygen atoms in total. The van der Waals surface area contributed by atoms with Gasteiger partial charge in [-0.3, -0.25) is 4.98 Å². The van der Waals surface area contributed by atoms with Crippen molar-refractivity contribution in [2.45, 2.75) is 65.0 Å². The molecule has 0 saturated heterocycles. The van der Waals surface area contributed by atoms with E-state index in [4.69, 9.17) is 4.98 Å². The van der Waals surface area contributed by atoms with Crippen molar-refractivity contribution in [3.05, 3.63) is 41.1 Å². The van der Waals surface area contributed by atoms with Crippen LogP contribution >= 0.6 is 0 Å². The number of benzene rings is 1. The summed E-state index contributed by atoms with van der Waals surface area (Å²) in [6.45, 7) is 9.92. The second kappa shape index (κ2) is 5.76. The van der Waals surface area contributed by atoms with E-state index in [1.807, 2.05) is 0 Å². The summed E-state index contributed by atoms with van der Waals surface area (Å²) in [5.74, 6) is 0.974. The van der Waals surface area contributed by atoms with Crippen LogP contribution in [0.25, 0.3) is 10.9 Å². The highest BCUT2D eigenvalue weighted by atomic mass is 14.9. The summed E-state index contributed by atoms with van der Waals surface area (Å²) < 4.78 is 0. The number of aromatic nitrogens is 1. The zero-order chi connectivity index (χ0) is 15.0. The van der Waals surface area contributed by atoms with Crippen molar-refractivity contribution in [1.82, 2.24) is 10.3 Å². The Labute approximate surface area is 128 Å². The van der Waals surface area contributed by atoms with Gasteiger partial charge >= 0.3 is 0 Å². The van der Waals surface area contributed by atoms with Crippen molar-refractivity contribution < 1.29 is 0 Å². The quantitative estimate of drug-likeness (QED) is 0.857. The maximum absolute atomic E-state index is 4.97. The van der Waals surface area contributed by atoms with Crippen LogP contribution in [-0.4, -0.2) is 11.0 Å². The van der Waals surface area contributed by atoms with Gasteiger partial charge in [-0.05, 0) is 41.9 Å². The van der Waals surface area contributed by atoms with E-state index in [-0.39, 0.29) is 0 Å². The highest BCUT2D eigenvalue weighted by molar-refractivity contribution is 5.85. The summed E-state index contributed by atoms with van der Waals surface area (Å²) in [4.78, 5) is 4.97. The van der Waals surface area contributed by atoms with Crippen LogP contribution in [0.15, 0.2) is 24.3 Å². The highest BCUT2D eigenvalue weighted by Gasteiger charge is 2.21. The van der Waals surface area contributed by atoms with E-state index >= 15 is 0 Å². The zero-order valence-corrected chi connectivity index (χ0v) is 13.6. The van der Waals surface area contributed by atoms with E-state index in [1.165, 1.54) is 40.6 Å². The number of fused-ring (bicyclic) bond motifs is 1. The highest BCUT2D eigenvalue weighted by Crippen LogP contribution is 2.29. The van der Waals surface area contributed by atoms with Gasteiger partial charge in [-0.1, -0.05) is 45.9 Å². The second-order valence-electron chi connectivity index (χ2n) is 6.91. The van der Waals surface area contributed by atoms with Crippen molar-refractivity contribution in [2.24, 2.45) is 0 Å². The zero-order valence-electron chi connectivity index (χ0n) is 13.6. The molecule has 112 valence electrons. The van der Waals surface area contributed by atoms with Gasteiger partial charge in [-0.25, -0.2) is 0 Å². The fourth-order valence-corrected chi connectivity index (χ4v) is 2.81. The number of hydrogen-bond donors (Lipinski definition) is 1. The topological polar surface area (TPSA) is 24.9 Å². The molecule has 0 atom stereocenters. The molecule has 2 aromatic rings. The van der Waals surface area contributed by atoms with E-state index in [0.29, 0.717) is 11.8 Å². The van der Waals surface area contributed by atoms with Crippen LogP contribution in [0.4, 0.5) is 0 Å². The number of para-hydroxylation sites is 1. The fraction of sp³-hybridized carbons (Fsp3) is 0.526. The minimum Gasteiger partial charge on any atom is -0.310 e. The van der Waals surface area contributed by atoms with Crippen LogP contribution in [-0.2, 0) is 6.54 Å². The Kier molecular flexibility index (Phi) is 3.99. The molecule has 3 rings (SSSR count). The minimum absolute atomic E-state index is 0.467. The van der Waals surface area contributed by atoms with Crippen LogP contribution in [0.2, 0.25) is 0 Å².